The van der Waals surface area contributed by atoms with Crippen LogP contribution in [-0.2, 0) is 19.7 Å². The van der Waals surface area contributed by atoms with E-state index in [0.29, 0.717) is 6.61 Å². The Balaban J connectivity index is 1.63. The van der Waals surface area contributed by atoms with Gasteiger partial charge in [-0.05, 0) is 36.8 Å². The molecule has 0 fully saturated rings. The van der Waals surface area contributed by atoms with Crippen LogP contribution in [0.2, 0.25) is 5.02 Å². The monoisotopic (exact) mass is 429 g/mol. The lowest BCUT2D eigenvalue weighted by Crippen LogP contribution is -2.13. The van der Waals surface area contributed by atoms with Gasteiger partial charge in [-0.3, -0.25) is 0 Å². The van der Waals surface area contributed by atoms with Crippen molar-refractivity contribution in [2.24, 2.45) is 0 Å². The third kappa shape index (κ3) is 5.34. The predicted octanol–water partition coefficient (Wildman–Crippen LogP) is 6.28. The van der Waals surface area contributed by atoms with Crippen LogP contribution >= 0.6 is 27.5 Å². The number of hydrogen-bond donors (Lipinski definition) is 1. The minimum atomic E-state index is 0.451. The normalized spacial score (nSPS) is 10.7. The Morgan fingerprint density at radius 3 is 2.46 bits per heavy atom. The maximum Gasteiger partial charge on any atom is 0.124 e. The molecule has 3 aromatic rings. The lowest BCUT2D eigenvalue weighted by molar-refractivity contribution is 0.302. The third-order valence-corrected chi connectivity index (χ3v) is 4.99. The molecule has 1 N–H and O–H groups in total. The van der Waals surface area contributed by atoms with E-state index in [1.807, 2.05) is 36.4 Å². The van der Waals surface area contributed by atoms with Gasteiger partial charge < -0.3 is 10.1 Å². The van der Waals surface area contributed by atoms with Crippen molar-refractivity contribution in [2.75, 3.05) is 0 Å². The minimum absolute atomic E-state index is 0.451. The zero-order valence-corrected chi connectivity index (χ0v) is 17.0. The van der Waals surface area contributed by atoms with Crippen LogP contribution in [0.25, 0.3) is 0 Å². The second kappa shape index (κ2) is 9.22. The van der Waals surface area contributed by atoms with Crippen molar-refractivity contribution < 1.29 is 4.74 Å². The molecule has 0 atom stereocenters. The van der Waals surface area contributed by atoms with Crippen LogP contribution in [0.15, 0.2) is 71.2 Å². The summed E-state index contributed by atoms with van der Waals surface area (Å²) in [5.74, 6) is 0.865. The molecular weight excluding hydrogens is 410 g/mol. The largest absolute Gasteiger partial charge is 0.489 e. The molecule has 0 aliphatic carbocycles. The van der Waals surface area contributed by atoms with Crippen LogP contribution in [0.3, 0.4) is 0 Å². The van der Waals surface area contributed by atoms with Crippen LogP contribution in [0.1, 0.15) is 22.3 Å². The molecule has 4 heteroatoms. The number of halogens is 2. The zero-order chi connectivity index (χ0) is 18.4. The molecular formula is C22H21BrClNO. The van der Waals surface area contributed by atoms with E-state index in [4.69, 9.17) is 16.3 Å². The number of rotatable bonds is 7. The molecule has 0 unspecified atom stereocenters. The highest BCUT2D eigenvalue weighted by Crippen LogP contribution is 2.25. The first-order chi connectivity index (χ1) is 12.6. The van der Waals surface area contributed by atoms with Gasteiger partial charge in [0.1, 0.15) is 12.4 Å². The van der Waals surface area contributed by atoms with Crippen LogP contribution in [0.5, 0.6) is 5.75 Å². The van der Waals surface area contributed by atoms with Gasteiger partial charge in [0.15, 0.2) is 0 Å². The summed E-state index contributed by atoms with van der Waals surface area (Å²) in [6.45, 7) is 4.09. The number of ether oxygens (including phenoxy) is 1. The summed E-state index contributed by atoms with van der Waals surface area (Å²) in [4.78, 5) is 0. The molecule has 134 valence electrons. The molecule has 0 amide bonds. The number of aryl methyl sites for hydroxylation is 1. The van der Waals surface area contributed by atoms with Crippen molar-refractivity contribution in [3.05, 3.63) is 98.5 Å². The lowest BCUT2D eigenvalue weighted by atomic mass is 10.1. The highest BCUT2D eigenvalue weighted by molar-refractivity contribution is 9.10. The molecule has 0 bridgehead atoms. The van der Waals surface area contributed by atoms with E-state index in [9.17, 15) is 0 Å². The first kappa shape index (κ1) is 19.0. The smallest absolute Gasteiger partial charge is 0.124 e. The molecule has 2 nitrogen and oxygen atoms in total. The maximum atomic E-state index is 6.22. The lowest BCUT2D eigenvalue weighted by Gasteiger charge is -2.14. The Morgan fingerprint density at radius 1 is 0.923 bits per heavy atom. The molecule has 0 saturated carbocycles. The molecule has 0 saturated heterocycles. The van der Waals surface area contributed by atoms with Crippen molar-refractivity contribution in [3.8, 4) is 5.75 Å². The standard InChI is InChI=1S/C22H21BrClNO/c1-16-6-8-17(9-7-16)13-25-14-19-12-20(23)10-11-22(19)26-15-18-4-2-3-5-21(18)24/h2-12,25H,13-15H2,1H3. The van der Waals surface area contributed by atoms with E-state index in [-0.39, 0.29) is 0 Å². The average molecular weight is 431 g/mol. The van der Waals surface area contributed by atoms with Crippen molar-refractivity contribution in [1.29, 1.82) is 0 Å². The van der Waals surface area contributed by atoms with E-state index < -0.39 is 0 Å². The molecule has 3 aromatic carbocycles. The quantitative estimate of drug-likeness (QED) is 0.476. The van der Waals surface area contributed by atoms with Gasteiger partial charge in [-0.1, -0.05) is 75.6 Å². The topological polar surface area (TPSA) is 21.3 Å². The second-order valence-corrected chi connectivity index (χ2v) is 7.54. The van der Waals surface area contributed by atoms with E-state index in [0.717, 1.165) is 39.5 Å². The minimum Gasteiger partial charge on any atom is -0.489 e. The predicted molar refractivity (Wildman–Crippen MR) is 112 cm³/mol. The highest BCUT2D eigenvalue weighted by Gasteiger charge is 2.07. The molecule has 0 aliphatic rings. The Hall–Kier alpha value is -1.81. The van der Waals surface area contributed by atoms with Crippen LogP contribution in [0.4, 0.5) is 0 Å². The Kier molecular flexibility index (Phi) is 6.73. The molecule has 0 heterocycles. The summed E-state index contributed by atoms with van der Waals surface area (Å²) in [7, 11) is 0. The molecule has 0 aromatic heterocycles. The molecule has 0 radical (unpaired) electrons. The van der Waals surface area contributed by atoms with Gasteiger partial charge in [-0.2, -0.15) is 0 Å². The summed E-state index contributed by atoms with van der Waals surface area (Å²) in [6, 6.07) is 22.4. The zero-order valence-electron chi connectivity index (χ0n) is 14.6. The Labute approximate surface area is 168 Å². The van der Waals surface area contributed by atoms with Crippen molar-refractivity contribution in [3.63, 3.8) is 0 Å². The fourth-order valence-corrected chi connectivity index (χ4v) is 3.24. The molecule has 0 spiro atoms. The van der Waals surface area contributed by atoms with E-state index in [1.54, 1.807) is 0 Å². The van der Waals surface area contributed by atoms with Gasteiger partial charge in [0.05, 0.1) is 0 Å². The van der Waals surface area contributed by atoms with Gasteiger partial charge in [-0.15, -0.1) is 0 Å². The van der Waals surface area contributed by atoms with Gasteiger partial charge in [0.2, 0.25) is 0 Å². The van der Waals surface area contributed by atoms with Crippen molar-refractivity contribution in [1.82, 2.24) is 5.32 Å². The first-order valence-corrected chi connectivity index (χ1v) is 9.70. The van der Waals surface area contributed by atoms with Crippen LogP contribution in [-0.4, -0.2) is 0 Å². The van der Waals surface area contributed by atoms with Gasteiger partial charge >= 0.3 is 0 Å². The fourth-order valence-electron chi connectivity index (χ4n) is 2.65. The SMILES string of the molecule is Cc1ccc(CNCc2cc(Br)ccc2OCc2ccccc2Cl)cc1. The van der Waals surface area contributed by atoms with E-state index in [1.165, 1.54) is 11.1 Å². The van der Waals surface area contributed by atoms with E-state index in [2.05, 4.69) is 58.5 Å². The summed E-state index contributed by atoms with van der Waals surface area (Å²) >= 11 is 9.76. The summed E-state index contributed by atoms with van der Waals surface area (Å²) < 4.78 is 7.07. The average Bonchev–Trinajstić information content (AvgIpc) is 2.64. The van der Waals surface area contributed by atoms with Crippen molar-refractivity contribution in [2.45, 2.75) is 26.6 Å². The number of nitrogens with one attached hydrogen (secondary N) is 1. The molecule has 3 rings (SSSR count). The second-order valence-electron chi connectivity index (χ2n) is 6.22. The number of hydrogen-bond acceptors (Lipinski definition) is 2. The van der Waals surface area contributed by atoms with E-state index >= 15 is 0 Å². The Bertz CT molecular complexity index is 864. The maximum absolute atomic E-state index is 6.22. The Morgan fingerprint density at radius 2 is 1.69 bits per heavy atom. The highest BCUT2D eigenvalue weighted by atomic mass is 79.9. The number of benzene rings is 3. The molecule has 26 heavy (non-hydrogen) atoms. The molecule has 0 aliphatic heterocycles. The van der Waals surface area contributed by atoms with Crippen LogP contribution in [0, 0.1) is 6.92 Å². The summed E-state index contributed by atoms with van der Waals surface area (Å²) in [5.41, 5.74) is 4.63. The van der Waals surface area contributed by atoms with Gasteiger partial charge in [0, 0.05) is 33.7 Å². The summed E-state index contributed by atoms with van der Waals surface area (Å²) in [5, 5.41) is 4.21. The summed E-state index contributed by atoms with van der Waals surface area (Å²) in [6.07, 6.45) is 0. The van der Waals surface area contributed by atoms with Gasteiger partial charge in [0.25, 0.3) is 0 Å². The van der Waals surface area contributed by atoms with Crippen LogP contribution < -0.4 is 10.1 Å². The fraction of sp³-hybridized carbons (Fsp3) is 0.182. The third-order valence-electron chi connectivity index (χ3n) is 4.13. The first-order valence-electron chi connectivity index (χ1n) is 8.53. The van der Waals surface area contributed by atoms with Gasteiger partial charge in [-0.25, -0.2) is 0 Å². The van der Waals surface area contributed by atoms with Crippen molar-refractivity contribution >= 4 is 27.5 Å².